The normalized spacial score (nSPS) is 25.7. The van der Waals surface area contributed by atoms with E-state index in [9.17, 15) is 13.6 Å². The van der Waals surface area contributed by atoms with Gasteiger partial charge in [-0.15, -0.1) is 0 Å². The number of anilines is 1. The minimum atomic E-state index is -2.53. The smallest absolute Gasteiger partial charge is 0.248 e. The summed E-state index contributed by atoms with van der Waals surface area (Å²) in [5.74, 6) is -1.41. The van der Waals surface area contributed by atoms with Gasteiger partial charge in [0.2, 0.25) is 11.8 Å². The molecule has 1 aromatic rings. The lowest BCUT2D eigenvalue weighted by Gasteiger charge is -2.43. The van der Waals surface area contributed by atoms with Crippen molar-refractivity contribution in [3.63, 3.8) is 0 Å². The molecule has 1 aromatic heterocycles. The van der Waals surface area contributed by atoms with Crippen LogP contribution in [0.3, 0.4) is 0 Å². The van der Waals surface area contributed by atoms with Crippen LogP contribution in [-0.2, 0) is 9.53 Å². The van der Waals surface area contributed by atoms with E-state index in [1.807, 2.05) is 4.90 Å². The largest absolute Gasteiger partial charge is 0.372 e. The van der Waals surface area contributed by atoms with Crippen LogP contribution in [0.5, 0.6) is 0 Å². The highest BCUT2D eigenvalue weighted by atomic mass is 19.3. The summed E-state index contributed by atoms with van der Waals surface area (Å²) in [4.78, 5) is 25.2. The van der Waals surface area contributed by atoms with Crippen molar-refractivity contribution in [2.24, 2.45) is 5.92 Å². The maximum atomic E-state index is 13.4. The molecule has 154 valence electrons. The van der Waals surface area contributed by atoms with E-state index in [0.29, 0.717) is 39.0 Å². The quantitative estimate of drug-likeness (QED) is 0.789. The molecule has 1 spiro atoms. The number of amides is 1. The van der Waals surface area contributed by atoms with E-state index in [2.05, 4.69) is 14.9 Å². The van der Waals surface area contributed by atoms with Gasteiger partial charge in [0.15, 0.2) is 0 Å². The Bertz CT molecular complexity index is 670. The van der Waals surface area contributed by atoms with Crippen LogP contribution < -0.4 is 4.90 Å². The Hall–Kier alpha value is -1.83. The van der Waals surface area contributed by atoms with Crippen LogP contribution in [0.1, 0.15) is 44.9 Å². The van der Waals surface area contributed by atoms with Crippen molar-refractivity contribution < 1.29 is 18.3 Å². The van der Waals surface area contributed by atoms with Crippen molar-refractivity contribution in [1.29, 1.82) is 0 Å². The van der Waals surface area contributed by atoms with Crippen molar-refractivity contribution in [2.45, 2.75) is 56.5 Å². The highest BCUT2D eigenvalue weighted by molar-refractivity contribution is 5.76. The Kier molecular flexibility index (Phi) is 5.49. The first-order valence-corrected chi connectivity index (χ1v) is 10.3. The van der Waals surface area contributed by atoms with Gasteiger partial charge in [-0.1, -0.05) is 0 Å². The number of halogens is 2. The van der Waals surface area contributed by atoms with Gasteiger partial charge in [-0.2, -0.15) is 0 Å². The molecule has 3 fully saturated rings. The molecule has 2 saturated heterocycles. The van der Waals surface area contributed by atoms with Crippen molar-refractivity contribution in [3.8, 4) is 0 Å². The molecule has 4 rings (SSSR count). The topological polar surface area (TPSA) is 58.6 Å². The predicted molar refractivity (Wildman–Crippen MR) is 100 cm³/mol. The summed E-state index contributed by atoms with van der Waals surface area (Å²) in [5.41, 5.74) is -0.344. The van der Waals surface area contributed by atoms with Crippen LogP contribution in [-0.4, -0.2) is 65.1 Å². The molecule has 1 aliphatic carbocycles. The number of hydrogen-bond donors (Lipinski definition) is 0. The molecule has 8 heteroatoms. The second-order valence-corrected chi connectivity index (χ2v) is 8.41. The Balaban J connectivity index is 1.38. The number of carbonyl (C=O) groups excluding carboxylic acids is 1. The zero-order valence-electron chi connectivity index (χ0n) is 16.2. The van der Waals surface area contributed by atoms with Crippen molar-refractivity contribution in [3.05, 3.63) is 18.6 Å². The third-order valence-corrected chi connectivity index (χ3v) is 6.42. The summed E-state index contributed by atoms with van der Waals surface area (Å²) in [6.45, 7) is 3.18. The summed E-state index contributed by atoms with van der Waals surface area (Å²) >= 11 is 0. The standard InChI is InChI=1S/C20H28F2N4O2/c21-20(22)4-1-16(2-5-20)14-26-15-19(28-12-3-18(26)27)6-10-25(11-7-19)17-13-23-8-9-24-17/h8-9,13,16H,1-7,10-12,14-15H2. The van der Waals surface area contributed by atoms with Crippen molar-refractivity contribution in [1.82, 2.24) is 14.9 Å². The van der Waals surface area contributed by atoms with E-state index < -0.39 is 5.92 Å². The number of hydrogen-bond acceptors (Lipinski definition) is 5. The van der Waals surface area contributed by atoms with Crippen molar-refractivity contribution >= 4 is 11.7 Å². The minimum Gasteiger partial charge on any atom is -0.372 e. The van der Waals surface area contributed by atoms with Crippen LogP contribution in [0.25, 0.3) is 0 Å². The highest BCUT2D eigenvalue weighted by Gasteiger charge is 2.42. The molecule has 3 aliphatic rings. The fourth-order valence-electron chi connectivity index (χ4n) is 4.66. The molecule has 0 bridgehead atoms. The van der Waals surface area contributed by atoms with E-state index in [1.165, 1.54) is 0 Å². The van der Waals surface area contributed by atoms with Crippen LogP contribution in [0.4, 0.5) is 14.6 Å². The predicted octanol–water partition coefficient (Wildman–Crippen LogP) is 2.89. The molecule has 2 aliphatic heterocycles. The van der Waals surface area contributed by atoms with Crippen LogP contribution in [0.15, 0.2) is 18.6 Å². The van der Waals surface area contributed by atoms with E-state index in [-0.39, 0.29) is 30.3 Å². The molecular weight excluding hydrogens is 366 g/mol. The third-order valence-electron chi connectivity index (χ3n) is 6.42. The highest BCUT2D eigenvalue weighted by Crippen LogP contribution is 2.37. The lowest BCUT2D eigenvalue weighted by atomic mass is 9.85. The third kappa shape index (κ3) is 4.42. The van der Waals surface area contributed by atoms with Crippen LogP contribution >= 0.6 is 0 Å². The summed E-state index contributed by atoms with van der Waals surface area (Å²) in [7, 11) is 0. The zero-order valence-corrected chi connectivity index (χ0v) is 16.2. The first-order chi connectivity index (χ1) is 13.4. The second-order valence-electron chi connectivity index (χ2n) is 8.41. The minimum absolute atomic E-state index is 0.0611. The molecule has 0 atom stereocenters. The van der Waals surface area contributed by atoms with Crippen LogP contribution in [0, 0.1) is 5.92 Å². The molecule has 0 unspecified atom stereocenters. The number of ether oxygens (including phenoxy) is 1. The number of nitrogens with zero attached hydrogens (tertiary/aromatic N) is 4. The van der Waals surface area contributed by atoms with E-state index in [1.54, 1.807) is 18.6 Å². The van der Waals surface area contributed by atoms with Gasteiger partial charge >= 0.3 is 0 Å². The van der Waals surface area contributed by atoms with Crippen LogP contribution in [0.2, 0.25) is 0 Å². The van der Waals surface area contributed by atoms with Crippen molar-refractivity contribution in [2.75, 3.05) is 37.7 Å². The van der Waals surface area contributed by atoms with Gasteiger partial charge < -0.3 is 14.5 Å². The summed E-state index contributed by atoms with van der Waals surface area (Å²) in [6.07, 6.45) is 7.98. The van der Waals surface area contributed by atoms with Gasteiger partial charge in [-0.3, -0.25) is 9.78 Å². The van der Waals surface area contributed by atoms with E-state index in [4.69, 9.17) is 4.74 Å². The Morgan fingerprint density at radius 1 is 1.14 bits per heavy atom. The second kappa shape index (κ2) is 7.89. The van der Waals surface area contributed by atoms with E-state index >= 15 is 0 Å². The van der Waals surface area contributed by atoms with Gasteiger partial charge in [-0.25, -0.2) is 13.8 Å². The van der Waals surface area contributed by atoms with Gasteiger partial charge in [0.25, 0.3) is 0 Å². The van der Waals surface area contributed by atoms with E-state index in [0.717, 1.165) is 31.7 Å². The van der Waals surface area contributed by atoms with Gasteiger partial charge in [0.1, 0.15) is 5.82 Å². The van der Waals surface area contributed by atoms with Gasteiger partial charge in [0, 0.05) is 51.4 Å². The number of rotatable bonds is 3. The monoisotopic (exact) mass is 394 g/mol. The fourth-order valence-corrected chi connectivity index (χ4v) is 4.66. The molecule has 28 heavy (non-hydrogen) atoms. The number of carbonyl (C=O) groups is 1. The first kappa shape index (κ1) is 19.5. The lowest BCUT2D eigenvalue weighted by molar-refractivity contribution is -0.132. The first-order valence-electron chi connectivity index (χ1n) is 10.3. The number of piperidine rings is 1. The molecule has 1 saturated carbocycles. The summed E-state index contributed by atoms with van der Waals surface area (Å²) < 4.78 is 33.1. The Labute approximate surface area is 164 Å². The summed E-state index contributed by atoms with van der Waals surface area (Å²) in [5, 5.41) is 0. The molecule has 0 radical (unpaired) electrons. The average molecular weight is 394 g/mol. The maximum absolute atomic E-state index is 13.4. The maximum Gasteiger partial charge on any atom is 0.248 e. The number of aromatic nitrogens is 2. The fraction of sp³-hybridized carbons (Fsp3) is 0.750. The molecule has 0 N–H and O–H groups in total. The summed E-state index contributed by atoms with van der Waals surface area (Å²) in [6, 6.07) is 0. The zero-order chi connectivity index (χ0) is 19.6. The molecule has 6 nitrogen and oxygen atoms in total. The number of alkyl halides is 2. The van der Waals surface area contributed by atoms with Gasteiger partial charge in [-0.05, 0) is 31.6 Å². The average Bonchev–Trinajstić information content (AvgIpc) is 2.84. The molecular formula is C20H28F2N4O2. The molecule has 0 aromatic carbocycles. The molecule has 1 amide bonds. The Morgan fingerprint density at radius 2 is 1.89 bits per heavy atom. The lowest BCUT2D eigenvalue weighted by Crippen LogP contribution is -2.53. The van der Waals surface area contributed by atoms with Gasteiger partial charge in [0.05, 0.1) is 24.8 Å². The SMILES string of the molecule is O=C1CCOC2(CCN(c3cnccn3)CC2)CN1CC1CCC(F)(F)CC1. The molecule has 3 heterocycles. The Morgan fingerprint density at radius 3 is 2.57 bits per heavy atom.